The van der Waals surface area contributed by atoms with Gasteiger partial charge in [0, 0.05) is 19.4 Å². The molecule has 19 heavy (non-hydrogen) atoms. The summed E-state index contributed by atoms with van der Waals surface area (Å²) in [6, 6.07) is 1.74. The average Bonchev–Trinajstić information content (AvgIpc) is 2.90. The van der Waals surface area contributed by atoms with Crippen molar-refractivity contribution in [1.29, 1.82) is 0 Å². The maximum Gasteiger partial charge on any atom is 0.247 e. The van der Waals surface area contributed by atoms with Crippen LogP contribution < -0.4 is 5.73 Å². The molecule has 0 radical (unpaired) electrons. The molecule has 0 aromatic carbocycles. The second-order valence-electron chi connectivity index (χ2n) is 4.68. The van der Waals surface area contributed by atoms with Gasteiger partial charge in [0.05, 0.1) is 0 Å². The van der Waals surface area contributed by atoms with E-state index in [1.807, 2.05) is 6.92 Å². The summed E-state index contributed by atoms with van der Waals surface area (Å²) in [6.45, 7) is 3.04. The Kier molecular flexibility index (Phi) is 3.00. The van der Waals surface area contributed by atoms with Gasteiger partial charge in [0.1, 0.15) is 17.1 Å². The summed E-state index contributed by atoms with van der Waals surface area (Å²) in [7, 11) is 0. The smallest absolute Gasteiger partial charge is 0.247 e. The van der Waals surface area contributed by atoms with Crippen LogP contribution in [0.1, 0.15) is 24.6 Å². The first-order chi connectivity index (χ1) is 9.17. The lowest BCUT2D eigenvalue weighted by atomic mass is 9.91. The van der Waals surface area contributed by atoms with Crippen molar-refractivity contribution < 1.29 is 9.26 Å². The van der Waals surface area contributed by atoms with Gasteiger partial charge in [-0.1, -0.05) is 5.16 Å². The van der Waals surface area contributed by atoms with Gasteiger partial charge in [0.2, 0.25) is 11.7 Å². The quantitative estimate of drug-likeness (QED) is 0.853. The van der Waals surface area contributed by atoms with E-state index in [4.69, 9.17) is 15.0 Å². The highest BCUT2D eigenvalue weighted by atomic mass is 16.5. The van der Waals surface area contributed by atoms with E-state index in [-0.39, 0.29) is 0 Å². The van der Waals surface area contributed by atoms with Gasteiger partial charge in [-0.05, 0) is 25.8 Å². The standard InChI is InChI=1S/C12H15N5O2/c1-8-14-5-2-9(15-8)10-16-11(19-17-10)12(13)3-6-18-7-4-12/h2,5H,3-4,6-7,13H2,1H3. The Hall–Kier alpha value is -1.86. The lowest BCUT2D eigenvalue weighted by Crippen LogP contribution is -2.42. The molecule has 0 aliphatic carbocycles. The third-order valence-corrected chi connectivity index (χ3v) is 3.24. The average molecular weight is 261 g/mol. The molecule has 0 unspecified atom stereocenters. The molecule has 0 saturated carbocycles. The fraction of sp³-hybridized carbons (Fsp3) is 0.500. The van der Waals surface area contributed by atoms with Crippen molar-refractivity contribution in [3.63, 3.8) is 0 Å². The maximum atomic E-state index is 6.29. The molecule has 100 valence electrons. The fourth-order valence-electron chi connectivity index (χ4n) is 2.06. The van der Waals surface area contributed by atoms with E-state index in [9.17, 15) is 0 Å². The molecular formula is C12H15N5O2. The van der Waals surface area contributed by atoms with Crippen LogP contribution >= 0.6 is 0 Å². The van der Waals surface area contributed by atoms with Crippen molar-refractivity contribution in [1.82, 2.24) is 20.1 Å². The van der Waals surface area contributed by atoms with Crippen molar-refractivity contribution in [2.75, 3.05) is 13.2 Å². The number of hydrogen-bond donors (Lipinski definition) is 1. The number of nitrogens with zero attached hydrogens (tertiary/aromatic N) is 4. The molecule has 1 fully saturated rings. The Bertz CT molecular complexity index is 577. The summed E-state index contributed by atoms with van der Waals surface area (Å²) in [5.41, 5.74) is 6.34. The minimum atomic E-state index is -0.592. The van der Waals surface area contributed by atoms with Crippen molar-refractivity contribution >= 4 is 0 Å². The zero-order chi connectivity index (χ0) is 13.3. The van der Waals surface area contributed by atoms with Crippen molar-refractivity contribution in [3.8, 4) is 11.5 Å². The summed E-state index contributed by atoms with van der Waals surface area (Å²) in [5, 5.41) is 3.95. The topological polar surface area (TPSA) is 100.0 Å². The number of aromatic nitrogens is 4. The summed E-state index contributed by atoms with van der Waals surface area (Å²) in [6.07, 6.45) is 3.02. The van der Waals surface area contributed by atoms with Crippen LogP contribution in [0.15, 0.2) is 16.8 Å². The van der Waals surface area contributed by atoms with E-state index < -0.39 is 5.54 Å². The minimum Gasteiger partial charge on any atom is -0.381 e. The lowest BCUT2D eigenvalue weighted by molar-refractivity contribution is 0.0400. The Morgan fingerprint density at radius 3 is 2.79 bits per heavy atom. The van der Waals surface area contributed by atoms with Gasteiger partial charge in [0.15, 0.2) is 0 Å². The number of nitrogens with two attached hydrogens (primary N) is 1. The summed E-state index contributed by atoms with van der Waals surface area (Å²) in [4.78, 5) is 12.7. The summed E-state index contributed by atoms with van der Waals surface area (Å²) < 4.78 is 10.6. The monoisotopic (exact) mass is 261 g/mol. The van der Waals surface area contributed by atoms with Crippen LogP contribution in [0.5, 0.6) is 0 Å². The molecule has 1 aliphatic rings. The SMILES string of the molecule is Cc1nccc(-c2noc(C3(N)CCOCC3)n2)n1. The second kappa shape index (κ2) is 4.67. The molecule has 2 aromatic heterocycles. The molecule has 1 saturated heterocycles. The minimum absolute atomic E-state index is 0.441. The van der Waals surface area contributed by atoms with Crippen molar-refractivity contribution in [2.24, 2.45) is 5.73 Å². The Labute approximate surface area is 110 Å². The molecule has 0 amide bonds. The van der Waals surface area contributed by atoms with Gasteiger partial charge >= 0.3 is 0 Å². The highest BCUT2D eigenvalue weighted by Gasteiger charge is 2.36. The van der Waals surface area contributed by atoms with Gasteiger partial charge in [-0.2, -0.15) is 4.98 Å². The molecule has 3 rings (SSSR count). The van der Waals surface area contributed by atoms with Crippen LogP contribution in [-0.4, -0.2) is 33.3 Å². The molecule has 2 N–H and O–H groups in total. The van der Waals surface area contributed by atoms with E-state index in [1.54, 1.807) is 12.3 Å². The highest BCUT2D eigenvalue weighted by molar-refractivity contribution is 5.47. The third-order valence-electron chi connectivity index (χ3n) is 3.24. The predicted molar refractivity (Wildman–Crippen MR) is 66.0 cm³/mol. The molecule has 1 aliphatic heterocycles. The molecule has 0 atom stereocenters. The van der Waals surface area contributed by atoms with Crippen LogP contribution in [0, 0.1) is 6.92 Å². The van der Waals surface area contributed by atoms with Crippen LogP contribution in [-0.2, 0) is 10.3 Å². The first-order valence-corrected chi connectivity index (χ1v) is 6.18. The van der Waals surface area contributed by atoms with Crippen molar-refractivity contribution in [3.05, 3.63) is 24.0 Å². The Morgan fingerprint density at radius 2 is 2.05 bits per heavy atom. The largest absolute Gasteiger partial charge is 0.381 e. The number of rotatable bonds is 2. The fourth-order valence-corrected chi connectivity index (χ4v) is 2.06. The van der Waals surface area contributed by atoms with Crippen LogP contribution in [0.25, 0.3) is 11.5 Å². The summed E-state index contributed by atoms with van der Waals surface area (Å²) >= 11 is 0. The molecule has 7 heteroatoms. The summed E-state index contributed by atoms with van der Waals surface area (Å²) in [5.74, 6) is 1.55. The molecule has 0 spiro atoms. The van der Waals surface area contributed by atoms with Gasteiger partial charge in [0.25, 0.3) is 0 Å². The lowest BCUT2D eigenvalue weighted by Gasteiger charge is -2.29. The predicted octanol–water partition coefficient (Wildman–Crippen LogP) is 0.799. The molecular weight excluding hydrogens is 246 g/mol. The van der Waals surface area contributed by atoms with Crippen LogP contribution in [0.3, 0.4) is 0 Å². The zero-order valence-electron chi connectivity index (χ0n) is 10.7. The first kappa shape index (κ1) is 12.2. The number of aryl methyl sites for hydroxylation is 1. The van der Waals surface area contributed by atoms with Gasteiger partial charge in [-0.25, -0.2) is 9.97 Å². The van der Waals surface area contributed by atoms with E-state index in [0.29, 0.717) is 49.3 Å². The van der Waals surface area contributed by atoms with Gasteiger partial charge in [-0.3, -0.25) is 0 Å². The van der Waals surface area contributed by atoms with Crippen molar-refractivity contribution in [2.45, 2.75) is 25.3 Å². The number of ether oxygens (including phenoxy) is 1. The third kappa shape index (κ3) is 2.34. The van der Waals surface area contributed by atoms with Gasteiger partial charge in [-0.15, -0.1) is 0 Å². The zero-order valence-corrected chi connectivity index (χ0v) is 10.7. The van der Waals surface area contributed by atoms with Crippen LogP contribution in [0.2, 0.25) is 0 Å². The maximum absolute atomic E-state index is 6.29. The van der Waals surface area contributed by atoms with Crippen LogP contribution in [0.4, 0.5) is 0 Å². The number of hydrogen-bond acceptors (Lipinski definition) is 7. The molecule has 3 heterocycles. The van der Waals surface area contributed by atoms with E-state index in [0.717, 1.165) is 0 Å². The Balaban J connectivity index is 1.91. The van der Waals surface area contributed by atoms with E-state index in [1.165, 1.54) is 0 Å². The Morgan fingerprint density at radius 1 is 1.26 bits per heavy atom. The van der Waals surface area contributed by atoms with E-state index >= 15 is 0 Å². The second-order valence-corrected chi connectivity index (χ2v) is 4.68. The first-order valence-electron chi connectivity index (χ1n) is 6.18. The highest BCUT2D eigenvalue weighted by Crippen LogP contribution is 2.29. The van der Waals surface area contributed by atoms with Gasteiger partial charge < -0.3 is 15.0 Å². The molecule has 0 bridgehead atoms. The normalized spacial score (nSPS) is 18.4. The molecule has 7 nitrogen and oxygen atoms in total. The van der Waals surface area contributed by atoms with E-state index in [2.05, 4.69) is 20.1 Å². The molecule has 2 aromatic rings.